The number of likely N-dealkylation sites (tertiary alicyclic amines) is 1. The van der Waals surface area contributed by atoms with Crippen LogP contribution in [0.25, 0.3) is 38.7 Å². The van der Waals surface area contributed by atoms with Crippen LogP contribution in [0.4, 0.5) is 4.79 Å². The Labute approximate surface area is 323 Å². The number of carbonyl (C=O) groups excluding carboxylic acids is 2. The highest BCUT2D eigenvalue weighted by atomic mass is 16.6. The van der Waals surface area contributed by atoms with Crippen molar-refractivity contribution in [3.63, 3.8) is 0 Å². The van der Waals surface area contributed by atoms with E-state index in [1.807, 2.05) is 33.2 Å². The lowest BCUT2D eigenvalue weighted by molar-refractivity contribution is -0.151. The van der Waals surface area contributed by atoms with E-state index in [-0.39, 0.29) is 24.5 Å². The maximum absolute atomic E-state index is 12.9. The third kappa shape index (κ3) is 9.33. The van der Waals surface area contributed by atoms with E-state index in [2.05, 4.69) is 75.7 Å². The number of H-pyrrole nitrogens is 1. The molecule has 0 radical (unpaired) electrons. The van der Waals surface area contributed by atoms with Crippen LogP contribution in [0.5, 0.6) is 0 Å². The van der Waals surface area contributed by atoms with Crippen molar-refractivity contribution in [1.82, 2.24) is 20.2 Å². The molecule has 1 aromatic heterocycles. The Morgan fingerprint density at radius 2 is 1.64 bits per heavy atom. The van der Waals surface area contributed by atoms with E-state index in [1.54, 1.807) is 18.7 Å². The number of benzene rings is 3. The van der Waals surface area contributed by atoms with Gasteiger partial charge in [0.2, 0.25) is 0 Å². The number of carboxylic acids is 1. The van der Waals surface area contributed by atoms with Crippen LogP contribution in [0.15, 0.2) is 78.1 Å². The van der Waals surface area contributed by atoms with Gasteiger partial charge in [0.05, 0.1) is 37.4 Å². The number of methoxy groups -OCH3 is 1. The summed E-state index contributed by atoms with van der Waals surface area (Å²) in [4.78, 5) is 49.1. The van der Waals surface area contributed by atoms with Gasteiger partial charge >= 0.3 is 18.0 Å². The minimum Gasteiger partial charge on any atom is -0.481 e. The van der Waals surface area contributed by atoms with Crippen LogP contribution in [0.2, 0.25) is 0 Å². The number of hydrogen-bond acceptors (Lipinski definition) is 8. The van der Waals surface area contributed by atoms with E-state index in [0.717, 1.165) is 48.3 Å². The average molecular weight is 748 g/mol. The predicted octanol–water partition coefficient (Wildman–Crippen LogP) is 8.81. The number of imidazole rings is 1. The maximum Gasteiger partial charge on any atom is 0.410 e. The number of esters is 1. The molecule has 11 nitrogen and oxygen atoms in total. The molecule has 0 saturated carbocycles. The Morgan fingerprint density at radius 1 is 0.945 bits per heavy atom. The number of nitrogens with zero attached hydrogens (tertiary/aromatic N) is 3. The van der Waals surface area contributed by atoms with E-state index >= 15 is 0 Å². The molecule has 3 aliphatic rings. The third-order valence-corrected chi connectivity index (χ3v) is 10.5. The molecule has 4 heterocycles. The Balaban J connectivity index is 0.000000372. The fourth-order valence-corrected chi connectivity index (χ4v) is 7.56. The maximum atomic E-state index is 12.9. The fraction of sp³-hybridized carbons (Fsp3) is 0.432. The molecule has 2 saturated heterocycles. The smallest absolute Gasteiger partial charge is 0.410 e. The van der Waals surface area contributed by atoms with Crippen LogP contribution >= 0.6 is 0 Å². The number of amides is 1. The summed E-state index contributed by atoms with van der Waals surface area (Å²) in [5.74, 6) is -1.32. The van der Waals surface area contributed by atoms with Gasteiger partial charge in [0, 0.05) is 36.5 Å². The Kier molecular flexibility index (Phi) is 12.2. The normalized spacial score (nSPS) is 18.8. The van der Waals surface area contributed by atoms with Gasteiger partial charge in [-0.3, -0.25) is 19.5 Å². The molecule has 11 heteroatoms. The SMILES string of the molecule is CC(C)(C)OC(=O)N1CCC[C@H]1c1ncc(-c2ccc(-c3ccc(C4=CN=C([C@@H]5CCCN5)C4)cc3)c3ccccc23)[nH]1.COC(=O)C[C@H](C(=O)O)C(C)C. The summed E-state index contributed by atoms with van der Waals surface area (Å²) in [7, 11) is 1.25. The van der Waals surface area contributed by atoms with E-state index in [4.69, 9.17) is 19.8 Å². The first kappa shape index (κ1) is 39.4. The minimum atomic E-state index is -0.949. The second-order valence-electron chi connectivity index (χ2n) is 15.9. The molecule has 0 spiro atoms. The van der Waals surface area contributed by atoms with Crippen molar-refractivity contribution < 1.29 is 29.0 Å². The first-order chi connectivity index (χ1) is 26.3. The van der Waals surface area contributed by atoms with Gasteiger partial charge in [-0.15, -0.1) is 0 Å². The molecule has 1 amide bonds. The Bertz CT molecular complexity index is 2070. The summed E-state index contributed by atoms with van der Waals surface area (Å²) < 4.78 is 10.1. The second-order valence-corrected chi connectivity index (χ2v) is 15.9. The molecule has 0 unspecified atom stereocenters. The number of fused-ring (bicyclic) bond motifs is 1. The summed E-state index contributed by atoms with van der Waals surface area (Å²) in [6, 6.07) is 22.2. The minimum absolute atomic E-state index is 0.0521. The highest BCUT2D eigenvalue weighted by molar-refractivity contribution is 6.05. The number of rotatable bonds is 9. The topological polar surface area (TPSA) is 146 Å². The molecule has 3 aliphatic heterocycles. The lowest BCUT2D eigenvalue weighted by Gasteiger charge is -2.27. The van der Waals surface area contributed by atoms with Crippen LogP contribution in [-0.2, 0) is 19.1 Å². The number of carbonyl (C=O) groups is 3. The number of aromatic nitrogens is 2. The molecule has 4 aromatic rings. The standard InChI is InChI=1S/C36H39N5O2.C8H14O4/c1-36(2,3)43-35(42)41-19-7-11-33(41)34-39-22-32(40-34)29-17-16-26(27-8-4-5-9-28(27)29)24-14-12-23(13-15-24)25-20-31(38-21-25)30-10-6-18-37-30;1-5(2)6(8(10)11)4-7(9)12-3/h4-5,8-9,12-17,21-22,30,33,37H,6-7,10-11,18-20H2,1-3H3,(H,39,40);5-6H,4H2,1-3H3,(H,10,11)/t30-,33-;6-/m00/s1. The summed E-state index contributed by atoms with van der Waals surface area (Å²) in [6.07, 6.45) is 8.75. The molecule has 3 N–H and O–H groups in total. The zero-order chi connectivity index (χ0) is 39.3. The van der Waals surface area contributed by atoms with Crippen LogP contribution in [-0.4, -0.2) is 75.6 Å². The molecule has 0 bridgehead atoms. The average Bonchev–Trinajstić information content (AvgIpc) is 4.00. The van der Waals surface area contributed by atoms with Crippen LogP contribution in [0, 0.1) is 11.8 Å². The predicted molar refractivity (Wildman–Crippen MR) is 216 cm³/mol. The number of aliphatic carboxylic acids is 1. The number of carboxylic acid groups (broad SMARTS) is 1. The Morgan fingerprint density at radius 3 is 2.27 bits per heavy atom. The van der Waals surface area contributed by atoms with Gasteiger partial charge in [-0.25, -0.2) is 9.78 Å². The number of allylic oxidation sites excluding steroid dienone is 1. The molecule has 290 valence electrons. The second kappa shape index (κ2) is 17.0. The third-order valence-electron chi connectivity index (χ3n) is 10.5. The van der Waals surface area contributed by atoms with E-state index < -0.39 is 23.5 Å². The molecule has 7 rings (SSSR count). The van der Waals surface area contributed by atoms with Crippen molar-refractivity contribution in [2.24, 2.45) is 16.8 Å². The van der Waals surface area contributed by atoms with Gasteiger partial charge in [-0.1, -0.05) is 74.5 Å². The molecular weight excluding hydrogens is 695 g/mol. The zero-order valence-electron chi connectivity index (χ0n) is 32.7. The summed E-state index contributed by atoms with van der Waals surface area (Å²) in [5.41, 5.74) is 7.70. The zero-order valence-corrected chi connectivity index (χ0v) is 32.7. The van der Waals surface area contributed by atoms with Gasteiger partial charge in [0.1, 0.15) is 11.4 Å². The van der Waals surface area contributed by atoms with Gasteiger partial charge < -0.3 is 24.9 Å². The van der Waals surface area contributed by atoms with E-state index in [9.17, 15) is 14.4 Å². The highest BCUT2D eigenvalue weighted by Crippen LogP contribution is 2.38. The van der Waals surface area contributed by atoms with E-state index in [0.29, 0.717) is 12.6 Å². The number of nitrogens with one attached hydrogen (secondary N) is 2. The number of hydrogen-bond donors (Lipinski definition) is 3. The summed E-state index contributed by atoms with van der Waals surface area (Å²) in [6.45, 7) is 11.0. The monoisotopic (exact) mass is 747 g/mol. The first-order valence-corrected chi connectivity index (χ1v) is 19.3. The summed E-state index contributed by atoms with van der Waals surface area (Å²) in [5, 5.41) is 14.6. The number of aliphatic imine (C=N–C) groups is 1. The van der Waals surface area contributed by atoms with Crippen molar-refractivity contribution in [3.05, 3.63) is 84.4 Å². The van der Waals surface area contributed by atoms with Crippen molar-refractivity contribution in [2.75, 3.05) is 20.2 Å². The molecule has 0 aliphatic carbocycles. The van der Waals surface area contributed by atoms with Crippen LogP contribution in [0.1, 0.15) is 90.6 Å². The lowest BCUT2D eigenvalue weighted by Crippen LogP contribution is -2.36. The van der Waals surface area contributed by atoms with Crippen molar-refractivity contribution in [1.29, 1.82) is 0 Å². The van der Waals surface area contributed by atoms with Gasteiger partial charge in [-0.05, 0) is 92.0 Å². The quantitative estimate of drug-likeness (QED) is 0.144. The molecule has 2 fully saturated rings. The first-order valence-electron chi connectivity index (χ1n) is 19.3. The van der Waals surface area contributed by atoms with Crippen molar-refractivity contribution in [2.45, 2.75) is 90.8 Å². The van der Waals surface area contributed by atoms with Gasteiger partial charge in [-0.2, -0.15) is 0 Å². The van der Waals surface area contributed by atoms with Crippen LogP contribution in [0.3, 0.4) is 0 Å². The van der Waals surface area contributed by atoms with Gasteiger partial charge in [0.25, 0.3) is 0 Å². The number of ether oxygens (including phenoxy) is 2. The van der Waals surface area contributed by atoms with E-state index in [1.165, 1.54) is 53.3 Å². The Hall–Kier alpha value is -5.29. The van der Waals surface area contributed by atoms with Crippen LogP contribution < -0.4 is 5.32 Å². The summed E-state index contributed by atoms with van der Waals surface area (Å²) >= 11 is 0. The lowest BCUT2D eigenvalue weighted by atomic mass is 9.92. The molecule has 3 atom stereocenters. The van der Waals surface area contributed by atoms with Gasteiger partial charge in [0.15, 0.2) is 0 Å². The molecule has 55 heavy (non-hydrogen) atoms. The molecule has 3 aromatic carbocycles. The van der Waals surface area contributed by atoms with Crippen molar-refractivity contribution in [3.8, 4) is 22.4 Å². The number of aromatic amines is 1. The fourth-order valence-electron chi connectivity index (χ4n) is 7.56. The van der Waals surface area contributed by atoms with Crippen molar-refractivity contribution >= 4 is 40.1 Å². The molecular formula is C44H53N5O6. The highest BCUT2D eigenvalue weighted by Gasteiger charge is 2.35. The largest absolute Gasteiger partial charge is 0.481 e.